The lowest BCUT2D eigenvalue weighted by Crippen LogP contribution is -2.51. The predicted molar refractivity (Wildman–Crippen MR) is 154 cm³/mol. The van der Waals surface area contributed by atoms with Crippen molar-refractivity contribution >= 4 is 28.4 Å². The molecule has 8 heteroatoms. The van der Waals surface area contributed by atoms with Crippen LogP contribution in [0.15, 0.2) is 85.1 Å². The van der Waals surface area contributed by atoms with Gasteiger partial charge in [0.1, 0.15) is 5.75 Å². The number of nitrogens with two attached hydrogens (primary N) is 1. The zero-order chi connectivity index (χ0) is 27.2. The molecule has 4 aromatic rings. The van der Waals surface area contributed by atoms with Crippen LogP contribution in [0.5, 0.6) is 5.75 Å². The molecular weight excluding hydrogens is 490 g/mol. The largest absolute Gasteiger partial charge is 0.496 e. The van der Waals surface area contributed by atoms with Gasteiger partial charge in [0.2, 0.25) is 11.8 Å². The summed E-state index contributed by atoms with van der Waals surface area (Å²) in [4.78, 5) is 29.1. The molecule has 1 aliphatic heterocycles. The number of anilines is 1. The second-order valence-corrected chi connectivity index (χ2v) is 9.83. The van der Waals surface area contributed by atoms with E-state index in [0.29, 0.717) is 19.6 Å². The standard InChI is InChI=1S/C31H35N5O3/c1-39-29-14-8-5-9-23(29)19-35-20-26(25-12-6-7-13-27(25)35)28-21-34(22-31(38)33-30(37)15-16-32)17-18-36(28)24-10-3-2-4-11-24/h2-14,20,28H,15-19,21-22,32H2,1H3,(H,33,37,38). The Labute approximate surface area is 229 Å². The van der Waals surface area contributed by atoms with Crippen LogP contribution in [0, 0.1) is 0 Å². The average Bonchev–Trinajstić information content (AvgIpc) is 3.32. The molecule has 1 fully saturated rings. The van der Waals surface area contributed by atoms with Crippen LogP contribution in [0.3, 0.4) is 0 Å². The monoisotopic (exact) mass is 525 g/mol. The van der Waals surface area contributed by atoms with Crippen molar-refractivity contribution in [2.24, 2.45) is 5.73 Å². The number of nitrogens with one attached hydrogen (secondary N) is 1. The molecule has 3 aromatic carbocycles. The Morgan fingerprint density at radius 1 is 0.949 bits per heavy atom. The van der Waals surface area contributed by atoms with Crippen LogP contribution in [-0.2, 0) is 16.1 Å². The van der Waals surface area contributed by atoms with Crippen molar-refractivity contribution in [2.75, 3.05) is 44.7 Å². The van der Waals surface area contributed by atoms with Crippen molar-refractivity contribution in [3.8, 4) is 5.75 Å². The maximum atomic E-state index is 12.6. The number of methoxy groups -OCH3 is 1. The predicted octanol–water partition coefficient (Wildman–Crippen LogP) is 3.55. The number of rotatable bonds is 9. The lowest BCUT2D eigenvalue weighted by molar-refractivity contribution is -0.131. The Kier molecular flexibility index (Phi) is 8.24. The summed E-state index contributed by atoms with van der Waals surface area (Å²) in [6, 6.07) is 27.0. The summed E-state index contributed by atoms with van der Waals surface area (Å²) in [6.45, 7) is 3.17. The smallest absolute Gasteiger partial charge is 0.240 e. The van der Waals surface area contributed by atoms with E-state index >= 15 is 0 Å². The minimum absolute atomic E-state index is 0.0116. The van der Waals surface area contributed by atoms with Crippen molar-refractivity contribution in [1.29, 1.82) is 0 Å². The van der Waals surface area contributed by atoms with Gasteiger partial charge in [0.25, 0.3) is 0 Å². The highest BCUT2D eigenvalue weighted by Crippen LogP contribution is 2.36. The van der Waals surface area contributed by atoms with Crippen LogP contribution >= 0.6 is 0 Å². The SMILES string of the molecule is COc1ccccc1Cn1cc(C2CN(CC(=O)NC(=O)CCN)CCN2c2ccccc2)c2ccccc21. The van der Waals surface area contributed by atoms with Crippen molar-refractivity contribution in [1.82, 2.24) is 14.8 Å². The van der Waals surface area contributed by atoms with Gasteiger partial charge >= 0.3 is 0 Å². The average molecular weight is 526 g/mol. The van der Waals surface area contributed by atoms with Crippen molar-refractivity contribution in [3.05, 3.63) is 96.2 Å². The number of piperazine rings is 1. The molecule has 8 nitrogen and oxygen atoms in total. The molecule has 1 saturated heterocycles. The number of carbonyl (C=O) groups excluding carboxylic acids is 2. The van der Waals surface area contributed by atoms with E-state index in [9.17, 15) is 9.59 Å². The topological polar surface area (TPSA) is 92.8 Å². The number of aromatic nitrogens is 1. The van der Waals surface area contributed by atoms with Crippen LogP contribution in [0.4, 0.5) is 5.69 Å². The zero-order valence-corrected chi connectivity index (χ0v) is 22.3. The van der Waals surface area contributed by atoms with E-state index in [1.807, 2.05) is 24.3 Å². The first-order chi connectivity index (χ1) is 19.1. The van der Waals surface area contributed by atoms with Gasteiger partial charge in [0, 0.05) is 66.5 Å². The minimum Gasteiger partial charge on any atom is -0.496 e. The molecule has 2 heterocycles. The molecule has 5 rings (SSSR count). The van der Waals surface area contributed by atoms with E-state index in [-0.39, 0.29) is 37.4 Å². The highest BCUT2D eigenvalue weighted by atomic mass is 16.5. The quantitative estimate of drug-likeness (QED) is 0.347. The number of ether oxygens (including phenoxy) is 1. The van der Waals surface area contributed by atoms with Crippen LogP contribution < -0.4 is 20.7 Å². The Morgan fingerprint density at radius 3 is 2.49 bits per heavy atom. The first kappa shape index (κ1) is 26.5. The fraction of sp³-hybridized carbons (Fsp3) is 0.290. The number of fused-ring (bicyclic) bond motifs is 1. The van der Waals surface area contributed by atoms with Gasteiger partial charge in [-0.3, -0.25) is 19.8 Å². The van der Waals surface area contributed by atoms with Gasteiger partial charge < -0.3 is 19.9 Å². The highest BCUT2D eigenvalue weighted by Gasteiger charge is 2.32. The lowest BCUT2D eigenvalue weighted by atomic mass is 10.0. The molecule has 0 bridgehead atoms. The number of nitrogens with zero attached hydrogens (tertiary/aromatic N) is 3. The van der Waals surface area contributed by atoms with Crippen LogP contribution in [-0.4, -0.2) is 61.1 Å². The van der Waals surface area contributed by atoms with Crippen LogP contribution in [0.2, 0.25) is 0 Å². The van der Waals surface area contributed by atoms with Gasteiger partial charge in [-0.1, -0.05) is 54.6 Å². The number of hydrogen-bond donors (Lipinski definition) is 2. The van der Waals surface area contributed by atoms with Crippen molar-refractivity contribution < 1.29 is 14.3 Å². The third-order valence-corrected chi connectivity index (χ3v) is 7.28. The summed E-state index contributed by atoms with van der Waals surface area (Å²) in [7, 11) is 1.70. The summed E-state index contributed by atoms with van der Waals surface area (Å²) in [5.41, 5.74) is 10.1. The van der Waals surface area contributed by atoms with Gasteiger partial charge in [-0.15, -0.1) is 0 Å². The van der Waals surface area contributed by atoms with E-state index in [2.05, 4.69) is 80.5 Å². The number of imide groups is 1. The van der Waals surface area contributed by atoms with Crippen molar-refractivity contribution in [3.63, 3.8) is 0 Å². The lowest BCUT2D eigenvalue weighted by Gasteiger charge is -2.42. The molecule has 0 radical (unpaired) electrons. The molecule has 202 valence electrons. The Bertz CT molecular complexity index is 1430. The van der Waals surface area contributed by atoms with E-state index in [4.69, 9.17) is 10.5 Å². The number of carbonyl (C=O) groups is 2. The van der Waals surface area contributed by atoms with Gasteiger partial charge in [-0.05, 0) is 24.3 Å². The first-order valence-corrected chi connectivity index (χ1v) is 13.3. The van der Waals surface area contributed by atoms with E-state index < -0.39 is 0 Å². The molecular formula is C31H35N5O3. The van der Waals surface area contributed by atoms with Gasteiger partial charge in [-0.2, -0.15) is 0 Å². The normalized spacial score (nSPS) is 15.8. The van der Waals surface area contributed by atoms with Gasteiger partial charge in [-0.25, -0.2) is 0 Å². The van der Waals surface area contributed by atoms with E-state index in [1.165, 1.54) is 10.9 Å². The molecule has 1 aliphatic rings. The Hall–Kier alpha value is -4.14. The van der Waals surface area contributed by atoms with E-state index in [1.54, 1.807) is 7.11 Å². The summed E-state index contributed by atoms with van der Waals surface area (Å²) in [6.07, 6.45) is 2.38. The fourth-order valence-electron chi connectivity index (χ4n) is 5.46. The maximum absolute atomic E-state index is 12.6. The highest BCUT2D eigenvalue weighted by molar-refractivity contribution is 5.96. The molecule has 2 amide bonds. The van der Waals surface area contributed by atoms with Gasteiger partial charge in [0.05, 0.1) is 26.2 Å². The minimum atomic E-state index is -0.332. The maximum Gasteiger partial charge on any atom is 0.240 e. The number of para-hydroxylation sites is 3. The third kappa shape index (κ3) is 5.97. The number of amides is 2. The third-order valence-electron chi connectivity index (χ3n) is 7.28. The summed E-state index contributed by atoms with van der Waals surface area (Å²) < 4.78 is 7.90. The van der Waals surface area contributed by atoms with Crippen LogP contribution in [0.1, 0.15) is 23.6 Å². The second-order valence-electron chi connectivity index (χ2n) is 9.83. The number of benzene rings is 3. The molecule has 39 heavy (non-hydrogen) atoms. The zero-order valence-electron chi connectivity index (χ0n) is 22.3. The van der Waals surface area contributed by atoms with E-state index in [0.717, 1.165) is 29.1 Å². The van der Waals surface area contributed by atoms with Gasteiger partial charge in [0.15, 0.2) is 0 Å². The molecule has 1 atom stereocenters. The van der Waals surface area contributed by atoms with Crippen molar-refractivity contribution in [2.45, 2.75) is 19.0 Å². The Morgan fingerprint density at radius 2 is 1.69 bits per heavy atom. The number of hydrogen-bond acceptors (Lipinski definition) is 6. The Balaban J connectivity index is 1.49. The molecule has 0 spiro atoms. The molecule has 0 aliphatic carbocycles. The molecule has 1 unspecified atom stereocenters. The summed E-state index contributed by atoms with van der Waals surface area (Å²) in [5.74, 6) is 0.238. The van der Waals surface area contributed by atoms with Crippen LogP contribution in [0.25, 0.3) is 10.9 Å². The summed E-state index contributed by atoms with van der Waals surface area (Å²) in [5, 5.41) is 3.65. The first-order valence-electron chi connectivity index (χ1n) is 13.3. The molecule has 1 aromatic heterocycles. The second kappa shape index (κ2) is 12.1. The molecule has 0 saturated carbocycles. The summed E-state index contributed by atoms with van der Waals surface area (Å²) >= 11 is 0. The fourth-order valence-corrected chi connectivity index (χ4v) is 5.46. The molecule has 3 N–H and O–H groups in total.